The molecule has 3 aromatic rings. The third-order valence-corrected chi connectivity index (χ3v) is 6.74. The number of carbonyl (C=O) groups excluding carboxylic acids is 1. The molecule has 0 unspecified atom stereocenters. The molecule has 2 fully saturated rings. The van der Waals surface area contributed by atoms with E-state index in [1.807, 2.05) is 46.1 Å². The molecule has 0 saturated carbocycles. The molecule has 1 amide bonds. The van der Waals surface area contributed by atoms with Crippen molar-refractivity contribution in [3.8, 4) is 5.69 Å². The van der Waals surface area contributed by atoms with Crippen molar-refractivity contribution in [1.82, 2.24) is 24.6 Å². The van der Waals surface area contributed by atoms with Crippen LogP contribution in [0.3, 0.4) is 0 Å². The topological polar surface area (TPSA) is 76.4 Å². The summed E-state index contributed by atoms with van der Waals surface area (Å²) in [5.74, 6) is 2.73. The zero-order chi connectivity index (χ0) is 23.5. The van der Waals surface area contributed by atoms with Crippen molar-refractivity contribution in [2.75, 3.05) is 44.3 Å². The van der Waals surface area contributed by atoms with E-state index < -0.39 is 0 Å². The molecule has 0 aliphatic carbocycles. The lowest BCUT2D eigenvalue weighted by molar-refractivity contribution is -0.131. The summed E-state index contributed by atoms with van der Waals surface area (Å²) < 4.78 is 7.51. The molecule has 2 aromatic heterocycles. The van der Waals surface area contributed by atoms with Crippen LogP contribution in [0.1, 0.15) is 51.3 Å². The average Bonchev–Trinajstić information content (AvgIpc) is 3.13. The van der Waals surface area contributed by atoms with Gasteiger partial charge in [-0.2, -0.15) is 5.10 Å². The highest BCUT2D eigenvalue weighted by Crippen LogP contribution is 2.31. The minimum absolute atomic E-state index is 0.254. The van der Waals surface area contributed by atoms with E-state index in [0.717, 1.165) is 87.0 Å². The van der Waals surface area contributed by atoms with E-state index in [1.165, 1.54) is 0 Å². The predicted octanol–water partition coefficient (Wildman–Crippen LogP) is 3.79. The van der Waals surface area contributed by atoms with Gasteiger partial charge in [-0.25, -0.2) is 14.6 Å². The van der Waals surface area contributed by atoms with Crippen molar-refractivity contribution in [2.45, 2.75) is 45.4 Å². The fourth-order valence-corrected chi connectivity index (χ4v) is 4.90. The van der Waals surface area contributed by atoms with Crippen molar-refractivity contribution in [2.24, 2.45) is 5.92 Å². The van der Waals surface area contributed by atoms with E-state index in [4.69, 9.17) is 19.8 Å². The summed E-state index contributed by atoms with van der Waals surface area (Å²) >= 11 is 0. The first kappa shape index (κ1) is 22.8. The van der Waals surface area contributed by atoms with Gasteiger partial charge in [-0.3, -0.25) is 4.79 Å². The van der Waals surface area contributed by atoms with Crippen LogP contribution >= 0.6 is 0 Å². The Kier molecular flexibility index (Phi) is 6.76. The Hall–Kier alpha value is -3.00. The highest BCUT2D eigenvalue weighted by atomic mass is 16.5. The SMILES string of the molecule is CC(C)CC(=O)N1CCCN(c2nc(C3CCOCC3)nc3c2cnn3-c2ccccc2)CC1. The Bertz CT molecular complexity index is 1120. The second kappa shape index (κ2) is 10.1. The number of amides is 1. The van der Waals surface area contributed by atoms with Crippen molar-refractivity contribution in [3.63, 3.8) is 0 Å². The summed E-state index contributed by atoms with van der Waals surface area (Å²) in [6.07, 6.45) is 5.28. The zero-order valence-electron chi connectivity index (χ0n) is 20.2. The van der Waals surface area contributed by atoms with Gasteiger partial charge in [0, 0.05) is 51.7 Å². The number of hydrogen-bond acceptors (Lipinski definition) is 6. The van der Waals surface area contributed by atoms with Gasteiger partial charge in [0.15, 0.2) is 5.65 Å². The maximum Gasteiger partial charge on any atom is 0.222 e. The summed E-state index contributed by atoms with van der Waals surface area (Å²) in [7, 11) is 0. The van der Waals surface area contributed by atoms with Gasteiger partial charge in [0.25, 0.3) is 0 Å². The Morgan fingerprint density at radius 3 is 2.62 bits per heavy atom. The molecule has 0 bridgehead atoms. The number of benzene rings is 1. The van der Waals surface area contributed by atoms with E-state index >= 15 is 0 Å². The normalized spacial score (nSPS) is 18.0. The van der Waals surface area contributed by atoms with Gasteiger partial charge in [0.1, 0.15) is 11.6 Å². The molecular weight excluding hydrogens is 428 g/mol. The van der Waals surface area contributed by atoms with Crippen LogP contribution < -0.4 is 4.90 Å². The molecule has 5 rings (SSSR count). The first-order valence-corrected chi connectivity index (χ1v) is 12.5. The van der Waals surface area contributed by atoms with E-state index in [2.05, 4.69) is 18.7 Å². The van der Waals surface area contributed by atoms with Gasteiger partial charge < -0.3 is 14.5 Å². The average molecular weight is 463 g/mol. The van der Waals surface area contributed by atoms with Crippen LogP contribution in [0, 0.1) is 5.92 Å². The second-order valence-electron chi connectivity index (χ2n) is 9.74. The summed E-state index contributed by atoms with van der Waals surface area (Å²) in [5, 5.41) is 5.66. The Morgan fingerprint density at radius 2 is 1.85 bits per heavy atom. The fraction of sp³-hybridized carbons (Fsp3) is 0.538. The Morgan fingerprint density at radius 1 is 1.06 bits per heavy atom. The molecule has 2 aliphatic heterocycles. The lowest BCUT2D eigenvalue weighted by Gasteiger charge is -2.26. The number of nitrogens with zero attached hydrogens (tertiary/aromatic N) is 6. The lowest BCUT2D eigenvalue weighted by Crippen LogP contribution is -2.36. The van der Waals surface area contributed by atoms with E-state index in [-0.39, 0.29) is 11.8 Å². The number of anilines is 1. The third-order valence-electron chi connectivity index (χ3n) is 6.74. The molecule has 0 N–H and O–H groups in total. The summed E-state index contributed by atoms with van der Waals surface area (Å²) in [6.45, 7) is 8.83. The van der Waals surface area contributed by atoms with Crippen LogP contribution in [0.4, 0.5) is 5.82 Å². The minimum Gasteiger partial charge on any atom is -0.381 e. The Balaban J connectivity index is 1.50. The molecule has 34 heavy (non-hydrogen) atoms. The number of hydrogen-bond donors (Lipinski definition) is 0. The molecule has 0 radical (unpaired) electrons. The molecule has 1 aromatic carbocycles. The predicted molar refractivity (Wildman–Crippen MR) is 132 cm³/mol. The van der Waals surface area contributed by atoms with E-state index in [1.54, 1.807) is 0 Å². The molecule has 0 spiro atoms. The van der Waals surface area contributed by atoms with Crippen molar-refractivity contribution < 1.29 is 9.53 Å². The molecule has 0 atom stereocenters. The summed E-state index contributed by atoms with van der Waals surface area (Å²) in [5.41, 5.74) is 1.83. The number of fused-ring (bicyclic) bond motifs is 1. The van der Waals surface area contributed by atoms with Crippen LogP contribution in [0.15, 0.2) is 36.5 Å². The summed E-state index contributed by atoms with van der Waals surface area (Å²) in [6, 6.07) is 10.1. The second-order valence-corrected chi connectivity index (χ2v) is 9.74. The molecule has 2 aliphatic rings. The highest BCUT2D eigenvalue weighted by molar-refractivity contribution is 5.88. The number of rotatable bonds is 5. The minimum atomic E-state index is 0.254. The standard InChI is InChI=1S/C26H34N6O2/c1-19(2)17-23(33)30-11-6-12-31(14-13-30)25-22-18-27-32(21-7-4-3-5-8-21)26(22)29-24(28-25)20-9-15-34-16-10-20/h3-5,7-8,18-20H,6,9-17H2,1-2H3. The van der Waals surface area contributed by atoms with Crippen LogP contribution in [-0.2, 0) is 9.53 Å². The zero-order valence-corrected chi connectivity index (χ0v) is 20.2. The van der Waals surface area contributed by atoms with Crippen LogP contribution in [0.5, 0.6) is 0 Å². The number of ether oxygens (including phenoxy) is 1. The first-order chi connectivity index (χ1) is 16.6. The Labute approximate surface area is 200 Å². The van der Waals surface area contributed by atoms with E-state index in [9.17, 15) is 4.79 Å². The number of carbonyl (C=O) groups is 1. The fourth-order valence-electron chi connectivity index (χ4n) is 4.90. The van der Waals surface area contributed by atoms with Gasteiger partial charge in [0.2, 0.25) is 5.91 Å². The summed E-state index contributed by atoms with van der Waals surface area (Å²) in [4.78, 5) is 27.2. The van der Waals surface area contributed by atoms with Crippen molar-refractivity contribution in [3.05, 3.63) is 42.4 Å². The largest absolute Gasteiger partial charge is 0.381 e. The maximum absolute atomic E-state index is 12.7. The smallest absolute Gasteiger partial charge is 0.222 e. The van der Waals surface area contributed by atoms with Crippen LogP contribution in [0.25, 0.3) is 16.7 Å². The monoisotopic (exact) mass is 462 g/mol. The van der Waals surface area contributed by atoms with Crippen LogP contribution in [-0.4, -0.2) is 69.9 Å². The maximum atomic E-state index is 12.7. The lowest BCUT2D eigenvalue weighted by atomic mass is 9.99. The van der Waals surface area contributed by atoms with Crippen molar-refractivity contribution in [1.29, 1.82) is 0 Å². The van der Waals surface area contributed by atoms with Gasteiger partial charge in [-0.1, -0.05) is 32.0 Å². The van der Waals surface area contributed by atoms with Gasteiger partial charge in [-0.15, -0.1) is 0 Å². The first-order valence-electron chi connectivity index (χ1n) is 12.5. The van der Waals surface area contributed by atoms with Crippen molar-refractivity contribution >= 4 is 22.8 Å². The molecule has 2 saturated heterocycles. The molecular formula is C26H34N6O2. The van der Waals surface area contributed by atoms with E-state index in [0.29, 0.717) is 12.3 Å². The quantitative estimate of drug-likeness (QED) is 0.574. The molecule has 8 heteroatoms. The number of aromatic nitrogens is 4. The van der Waals surface area contributed by atoms with Gasteiger partial charge >= 0.3 is 0 Å². The van der Waals surface area contributed by atoms with Gasteiger partial charge in [0.05, 0.1) is 17.3 Å². The highest BCUT2D eigenvalue weighted by Gasteiger charge is 2.26. The third kappa shape index (κ3) is 4.78. The molecule has 180 valence electrons. The molecule has 4 heterocycles. The molecule has 8 nitrogen and oxygen atoms in total. The number of para-hydroxylation sites is 1. The van der Waals surface area contributed by atoms with Gasteiger partial charge in [-0.05, 0) is 37.3 Å². The van der Waals surface area contributed by atoms with Crippen LogP contribution in [0.2, 0.25) is 0 Å².